The van der Waals surface area contributed by atoms with Crippen molar-refractivity contribution in [2.45, 2.75) is 46.6 Å². The van der Waals surface area contributed by atoms with E-state index in [-0.39, 0.29) is 35.8 Å². The maximum atomic E-state index is 11.9. The minimum atomic E-state index is -0.843. The van der Waals surface area contributed by atoms with Gasteiger partial charge in [0.15, 0.2) is 0 Å². The second kappa shape index (κ2) is 7.31. The number of carbonyl (C=O) groups is 2. The highest BCUT2D eigenvalue weighted by atomic mass is 32.1. The van der Waals surface area contributed by atoms with Gasteiger partial charge in [-0.1, -0.05) is 19.1 Å². The summed E-state index contributed by atoms with van der Waals surface area (Å²) in [4.78, 5) is 23.5. The molecule has 0 heterocycles. The molecule has 6 heteroatoms. The molecular formula is C12H23N3O2S. The Morgan fingerprint density at radius 2 is 1.94 bits per heavy atom. The van der Waals surface area contributed by atoms with Gasteiger partial charge in [-0.3, -0.25) is 9.59 Å². The Bertz CT molecular complexity index is 331. The van der Waals surface area contributed by atoms with E-state index < -0.39 is 5.41 Å². The van der Waals surface area contributed by atoms with E-state index in [0.717, 1.165) is 0 Å². The van der Waals surface area contributed by atoms with Crippen LogP contribution in [0.5, 0.6) is 0 Å². The first-order valence-electron chi connectivity index (χ1n) is 6.11. The minimum Gasteiger partial charge on any atom is -0.392 e. The van der Waals surface area contributed by atoms with Gasteiger partial charge in [0, 0.05) is 19.0 Å². The van der Waals surface area contributed by atoms with E-state index in [0.29, 0.717) is 6.42 Å². The summed E-state index contributed by atoms with van der Waals surface area (Å²) in [5, 5.41) is 5.44. The molecule has 0 fully saturated rings. The standard InChI is InChI=1S/C12H23N3O2S/c1-5-12(4,10(13)18)11(17)14-7-6-9(16)15-8(2)3/h8H,5-7H2,1-4H3,(H2,13,18)(H,14,17)(H,15,16). The molecule has 0 aliphatic heterocycles. The lowest BCUT2D eigenvalue weighted by Gasteiger charge is -2.25. The van der Waals surface area contributed by atoms with Crippen molar-refractivity contribution in [2.75, 3.05) is 6.54 Å². The number of thiocarbonyl (C=S) groups is 1. The summed E-state index contributed by atoms with van der Waals surface area (Å²) in [7, 11) is 0. The second-order valence-electron chi connectivity index (χ2n) is 4.78. The predicted molar refractivity (Wildman–Crippen MR) is 76.1 cm³/mol. The van der Waals surface area contributed by atoms with Gasteiger partial charge in [-0.15, -0.1) is 0 Å². The van der Waals surface area contributed by atoms with Crippen LogP contribution in [0.25, 0.3) is 0 Å². The Hall–Kier alpha value is -1.17. The summed E-state index contributed by atoms with van der Waals surface area (Å²) < 4.78 is 0. The molecule has 2 amide bonds. The van der Waals surface area contributed by atoms with E-state index in [1.807, 2.05) is 20.8 Å². The second-order valence-corrected chi connectivity index (χ2v) is 5.22. The van der Waals surface area contributed by atoms with Crippen LogP contribution in [0.15, 0.2) is 0 Å². The Morgan fingerprint density at radius 3 is 2.33 bits per heavy atom. The van der Waals surface area contributed by atoms with Crippen molar-refractivity contribution < 1.29 is 9.59 Å². The lowest BCUT2D eigenvalue weighted by Crippen LogP contribution is -2.47. The van der Waals surface area contributed by atoms with E-state index in [1.165, 1.54) is 0 Å². The monoisotopic (exact) mass is 273 g/mol. The largest absolute Gasteiger partial charge is 0.392 e. The normalized spacial score (nSPS) is 13.8. The van der Waals surface area contributed by atoms with Gasteiger partial charge in [0.2, 0.25) is 11.8 Å². The molecule has 18 heavy (non-hydrogen) atoms. The molecule has 0 aliphatic carbocycles. The molecule has 104 valence electrons. The highest BCUT2D eigenvalue weighted by Crippen LogP contribution is 2.21. The first-order chi connectivity index (χ1) is 8.24. The van der Waals surface area contributed by atoms with Crippen LogP contribution >= 0.6 is 12.2 Å². The zero-order valence-corrected chi connectivity index (χ0v) is 12.3. The molecule has 0 aromatic rings. The molecule has 0 rings (SSSR count). The molecule has 1 unspecified atom stereocenters. The quantitative estimate of drug-likeness (QED) is 0.597. The average molecular weight is 273 g/mol. The lowest BCUT2D eigenvalue weighted by atomic mass is 9.86. The fraction of sp³-hybridized carbons (Fsp3) is 0.750. The fourth-order valence-corrected chi connectivity index (χ4v) is 1.56. The van der Waals surface area contributed by atoms with E-state index >= 15 is 0 Å². The molecule has 0 spiro atoms. The third-order valence-electron chi connectivity index (χ3n) is 2.84. The molecule has 0 radical (unpaired) electrons. The van der Waals surface area contributed by atoms with Crippen molar-refractivity contribution in [3.05, 3.63) is 0 Å². The van der Waals surface area contributed by atoms with Gasteiger partial charge in [-0.25, -0.2) is 0 Å². The van der Waals surface area contributed by atoms with Crippen LogP contribution in [0.3, 0.4) is 0 Å². The van der Waals surface area contributed by atoms with Crippen LogP contribution in [0.2, 0.25) is 0 Å². The van der Waals surface area contributed by atoms with Crippen LogP contribution in [0.4, 0.5) is 0 Å². The summed E-state index contributed by atoms with van der Waals surface area (Å²) in [6.45, 7) is 7.62. The van der Waals surface area contributed by atoms with Gasteiger partial charge in [0.25, 0.3) is 0 Å². The zero-order valence-electron chi connectivity index (χ0n) is 11.5. The van der Waals surface area contributed by atoms with Crippen LogP contribution in [0, 0.1) is 5.41 Å². The van der Waals surface area contributed by atoms with Crippen molar-refractivity contribution in [3.8, 4) is 0 Å². The molecule has 0 bridgehead atoms. The predicted octanol–water partition coefficient (Wildman–Crippen LogP) is 0.720. The van der Waals surface area contributed by atoms with Gasteiger partial charge in [-0.2, -0.15) is 0 Å². The van der Waals surface area contributed by atoms with Crippen LogP contribution < -0.4 is 16.4 Å². The number of carbonyl (C=O) groups excluding carboxylic acids is 2. The van der Waals surface area contributed by atoms with Gasteiger partial charge >= 0.3 is 0 Å². The van der Waals surface area contributed by atoms with Crippen molar-refractivity contribution in [2.24, 2.45) is 11.1 Å². The van der Waals surface area contributed by atoms with E-state index in [2.05, 4.69) is 10.6 Å². The van der Waals surface area contributed by atoms with Crippen molar-refractivity contribution in [3.63, 3.8) is 0 Å². The molecule has 0 aromatic carbocycles. The molecule has 0 aliphatic rings. The number of rotatable bonds is 7. The third kappa shape index (κ3) is 5.00. The first-order valence-corrected chi connectivity index (χ1v) is 6.52. The maximum absolute atomic E-state index is 11.9. The lowest BCUT2D eigenvalue weighted by molar-refractivity contribution is -0.127. The smallest absolute Gasteiger partial charge is 0.232 e. The summed E-state index contributed by atoms with van der Waals surface area (Å²) in [5.41, 5.74) is 4.73. The van der Waals surface area contributed by atoms with E-state index in [4.69, 9.17) is 18.0 Å². The summed E-state index contributed by atoms with van der Waals surface area (Å²) in [6, 6.07) is 0.103. The fourth-order valence-electron chi connectivity index (χ4n) is 1.33. The van der Waals surface area contributed by atoms with Gasteiger partial charge < -0.3 is 16.4 Å². The Labute approximate surface area is 114 Å². The Morgan fingerprint density at radius 1 is 1.39 bits per heavy atom. The Balaban J connectivity index is 4.19. The number of nitrogens with two attached hydrogens (primary N) is 1. The molecule has 1 atom stereocenters. The van der Waals surface area contributed by atoms with Gasteiger partial charge in [0.05, 0.1) is 10.4 Å². The van der Waals surface area contributed by atoms with Crippen LogP contribution in [0.1, 0.15) is 40.5 Å². The molecule has 5 nitrogen and oxygen atoms in total. The summed E-state index contributed by atoms with van der Waals surface area (Å²) in [6.07, 6.45) is 0.785. The molecule has 0 saturated carbocycles. The van der Waals surface area contributed by atoms with Crippen LogP contribution in [-0.2, 0) is 9.59 Å². The van der Waals surface area contributed by atoms with E-state index in [1.54, 1.807) is 6.92 Å². The van der Waals surface area contributed by atoms with Gasteiger partial charge in [0.1, 0.15) is 0 Å². The number of nitrogens with one attached hydrogen (secondary N) is 2. The number of hydrogen-bond acceptors (Lipinski definition) is 3. The zero-order chi connectivity index (χ0) is 14.3. The number of amides is 2. The Kier molecular flexibility index (Phi) is 6.83. The molecule has 0 aromatic heterocycles. The summed E-state index contributed by atoms with van der Waals surface area (Å²) >= 11 is 4.90. The SMILES string of the molecule is CCC(C)(C(=O)NCCC(=O)NC(C)C)C(N)=S. The highest BCUT2D eigenvalue weighted by molar-refractivity contribution is 7.80. The summed E-state index contributed by atoms with van der Waals surface area (Å²) in [5.74, 6) is -0.311. The highest BCUT2D eigenvalue weighted by Gasteiger charge is 2.34. The molecule has 0 saturated heterocycles. The maximum Gasteiger partial charge on any atom is 0.232 e. The van der Waals surface area contributed by atoms with Gasteiger partial charge in [-0.05, 0) is 27.2 Å². The third-order valence-corrected chi connectivity index (χ3v) is 3.29. The topological polar surface area (TPSA) is 84.2 Å². The molecular weight excluding hydrogens is 250 g/mol. The van der Waals surface area contributed by atoms with Crippen LogP contribution in [-0.4, -0.2) is 29.4 Å². The molecule has 4 N–H and O–H groups in total. The van der Waals surface area contributed by atoms with Crippen molar-refractivity contribution >= 4 is 29.0 Å². The first kappa shape index (κ1) is 16.8. The van der Waals surface area contributed by atoms with Crippen molar-refractivity contribution in [1.82, 2.24) is 10.6 Å². The van der Waals surface area contributed by atoms with Crippen molar-refractivity contribution in [1.29, 1.82) is 0 Å². The van der Waals surface area contributed by atoms with E-state index in [9.17, 15) is 9.59 Å². The average Bonchev–Trinajstić information content (AvgIpc) is 2.26. The number of hydrogen-bond donors (Lipinski definition) is 3. The minimum absolute atomic E-state index is 0.0844.